The largest absolute Gasteiger partial charge is 0.785 e. The number of carbonyl (C=O) groups is 1. The fraction of sp³-hybridized carbons (Fsp3) is 0.308. The third kappa shape index (κ3) is 6.55. The Hall–Kier alpha value is -3.69. The van der Waals surface area contributed by atoms with E-state index in [1.54, 1.807) is 43.3 Å². The van der Waals surface area contributed by atoms with E-state index < -0.39 is 11.7 Å². The molecule has 0 unspecified atom stereocenters. The highest BCUT2D eigenvalue weighted by Crippen LogP contribution is 2.35. The summed E-state index contributed by atoms with van der Waals surface area (Å²) >= 11 is 0. The van der Waals surface area contributed by atoms with Crippen molar-refractivity contribution in [2.75, 3.05) is 57.7 Å². The fourth-order valence-electron chi connectivity index (χ4n) is 4.11. The van der Waals surface area contributed by atoms with Crippen molar-refractivity contribution in [3.63, 3.8) is 0 Å². The van der Waals surface area contributed by atoms with Crippen molar-refractivity contribution in [3.05, 3.63) is 87.9 Å². The van der Waals surface area contributed by atoms with Crippen molar-refractivity contribution in [2.24, 2.45) is 0 Å². The fourth-order valence-corrected chi connectivity index (χ4v) is 4.11. The Morgan fingerprint density at radius 2 is 1.81 bits per heavy atom. The molecule has 0 bridgehead atoms. The van der Waals surface area contributed by atoms with Crippen LogP contribution in [-0.4, -0.2) is 69.2 Å². The van der Waals surface area contributed by atoms with Crippen LogP contribution >= 0.6 is 0 Å². The van der Waals surface area contributed by atoms with Gasteiger partial charge in [0.15, 0.2) is 0 Å². The Morgan fingerprint density at radius 1 is 1.14 bits per heavy atom. The van der Waals surface area contributed by atoms with Crippen molar-refractivity contribution >= 4 is 17.8 Å². The zero-order chi connectivity index (χ0) is 27.3. The Kier molecular flexibility index (Phi) is 8.73. The average molecular weight is 514 g/mol. The number of nitriles is 1. The van der Waals surface area contributed by atoms with E-state index >= 15 is 0 Å². The molecule has 3 rings (SSSR count). The molecule has 0 aliphatic carbocycles. The summed E-state index contributed by atoms with van der Waals surface area (Å²) in [5.74, 6) is 0. The third-order valence-electron chi connectivity index (χ3n) is 5.71. The van der Waals surface area contributed by atoms with Crippen molar-refractivity contribution in [2.45, 2.75) is 6.18 Å². The third-order valence-corrected chi connectivity index (χ3v) is 5.71. The van der Waals surface area contributed by atoms with Gasteiger partial charge in [0.1, 0.15) is 0 Å². The second-order valence-electron chi connectivity index (χ2n) is 8.87. The summed E-state index contributed by atoms with van der Waals surface area (Å²) in [5.41, 5.74) is 1.80. The van der Waals surface area contributed by atoms with E-state index in [1.165, 1.54) is 19.2 Å². The molecule has 0 fully saturated rings. The molecule has 1 amide bonds. The average Bonchev–Trinajstić information content (AvgIpc) is 3.22. The smallest absolute Gasteiger partial charge is 0.416 e. The minimum Gasteiger partial charge on any atom is -0.785 e. The quantitative estimate of drug-likeness (QED) is 0.370. The Labute approximate surface area is 214 Å². The van der Waals surface area contributed by atoms with Crippen LogP contribution in [0.25, 0.3) is 0 Å². The summed E-state index contributed by atoms with van der Waals surface area (Å²) in [5, 5.41) is 26.0. The first-order valence-electron chi connectivity index (χ1n) is 11.3. The summed E-state index contributed by atoms with van der Waals surface area (Å²) in [6.07, 6.45) is -2.23. The van der Waals surface area contributed by atoms with Crippen LogP contribution in [-0.2, 0) is 11.0 Å². The Bertz CT molecular complexity index is 1220. The number of carbonyl (C=O) groups excluding carboxylic acids is 1. The first-order chi connectivity index (χ1) is 17.5. The molecule has 0 atom stereocenters. The minimum atomic E-state index is -4.59. The van der Waals surface area contributed by atoms with Crippen molar-refractivity contribution in [1.82, 2.24) is 15.0 Å². The maximum Gasteiger partial charge on any atom is 0.416 e. The lowest BCUT2D eigenvalue weighted by atomic mass is 10.1. The van der Waals surface area contributed by atoms with Crippen LogP contribution in [0.5, 0.6) is 0 Å². The van der Waals surface area contributed by atoms with Gasteiger partial charge in [-0.2, -0.15) is 18.4 Å². The van der Waals surface area contributed by atoms with E-state index in [4.69, 9.17) is 5.26 Å². The van der Waals surface area contributed by atoms with Gasteiger partial charge in [-0.05, 0) is 69.7 Å². The molecule has 1 aliphatic heterocycles. The zero-order valence-electron chi connectivity index (χ0n) is 21.0. The molecule has 0 radical (unpaired) electrons. The lowest BCUT2D eigenvalue weighted by Gasteiger charge is -2.36. The second-order valence-corrected chi connectivity index (χ2v) is 8.87. The monoisotopic (exact) mass is 513 g/mol. The van der Waals surface area contributed by atoms with Gasteiger partial charge in [0.2, 0.25) is 6.41 Å². The summed E-state index contributed by atoms with van der Waals surface area (Å²) in [7, 11) is 6.71. The second kappa shape index (κ2) is 11.6. The van der Waals surface area contributed by atoms with E-state index in [9.17, 15) is 23.2 Å². The van der Waals surface area contributed by atoms with Gasteiger partial charge in [0.05, 0.1) is 28.6 Å². The molecule has 0 saturated heterocycles. The molecule has 8 nitrogen and oxygen atoms in total. The van der Waals surface area contributed by atoms with Gasteiger partial charge in [-0.15, -0.1) is 0 Å². The maximum absolute atomic E-state index is 13.4. The van der Waals surface area contributed by atoms with Gasteiger partial charge in [-0.25, -0.2) is 5.01 Å². The van der Waals surface area contributed by atoms with Crippen LogP contribution in [0.15, 0.2) is 71.6 Å². The topological polar surface area (TPSA) is 80.1 Å². The first kappa shape index (κ1) is 27.9. The first-order valence-corrected chi connectivity index (χ1v) is 11.3. The number of likely N-dealkylation sites (N-methyl/N-ethyl adjacent to an activating group) is 3. The standard InChI is InChI=1S/C26H28F3N6O2/c1-31(2)17-25(34(18-36)22-7-5-6-20(14-22)26(27,28)29)23(16-33(4)37)24-12-13-32(3)35(24)21-10-8-19(15-30)9-11-21/h5-12,14,18H,13,16-17H2,1-4H3/q-1/b25-23+. The highest BCUT2D eigenvalue weighted by Gasteiger charge is 2.32. The lowest BCUT2D eigenvalue weighted by molar-refractivity contribution is -0.137. The maximum atomic E-state index is 13.4. The number of anilines is 2. The number of amides is 1. The van der Waals surface area contributed by atoms with E-state index in [0.29, 0.717) is 40.5 Å². The molecule has 11 heteroatoms. The molecule has 37 heavy (non-hydrogen) atoms. The summed E-state index contributed by atoms with van der Waals surface area (Å²) in [6, 6.07) is 13.5. The van der Waals surface area contributed by atoms with Crippen LogP contribution in [0.3, 0.4) is 0 Å². The molecule has 0 N–H and O–H groups in total. The molecule has 2 aromatic carbocycles. The minimum absolute atomic E-state index is 0.0320. The number of hydrogen-bond donors (Lipinski definition) is 0. The molecular formula is C26H28F3N6O2-. The van der Waals surface area contributed by atoms with Crippen molar-refractivity contribution < 1.29 is 18.0 Å². The number of benzene rings is 2. The van der Waals surface area contributed by atoms with E-state index in [1.807, 2.05) is 23.1 Å². The highest BCUT2D eigenvalue weighted by atomic mass is 19.4. The molecular weight excluding hydrogens is 485 g/mol. The molecule has 0 saturated carbocycles. The van der Waals surface area contributed by atoms with E-state index in [2.05, 4.69) is 6.07 Å². The van der Waals surface area contributed by atoms with Gasteiger partial charge in [0.25, 0.3) is 0 Å². The number of hydrogen-bond acceptors (Lipinski definition) is 7. The van der Waals surface area contributed by atoms with Crippen molar-refractivity contribution in [3.8, 4) is 6.07 Å². The molecule has 1 heterocycles. The summed E-state index contributed by atoms with van der Waals surface area (Å²) in [6.45, 7) is 0.528. The SMILES string of the molecule is CN(C)C/C(=C(/CN(C)[O-])C1=CCN(C)N1c1ccc(C#N)cc1)N(C=O)c1cccc(C(F)(F)F)c1. The molecule has 0 spiro atoms. The number of rotatable bonds is 9. The normalized spacial score (nSPS) is 15.1. The Balaban J connectivity index is 2.22. The van der Waals surface area contributed by atoms with Crippen LogP contribution in [0, 0.1) is 16.5 Å². The predicted octanol–water partition coefficient (Wildman–Crippen LogP) is 4.04. The van der Waals surface area contributed by atoms with Gasteiger partial charge in [-0.1, -0.05) is 6.07 Å². The molecule has 0 aromatic heterocycles. The van der Waals surface area contributed by atoms with E-state index in [0.717, 1.165) is 22.7 Å². The van der Waals surface area contributed by atoms with Gasteiger partial charge >= 0.3 is 6.18 Å². The number of nitrogens with zero attached hydrogens (tertiary/aromatic N) is 6. The van der Waals surface area contributed by atoms with Gasteiger partial charge in [-0.3, -0.25) is 14.7 Å². The number of halogens is 3. The summed E-state index contributed by atoms with van der Waals surface area (Å²) < 4.78 is 40.3. The van der Waals surface area contributed by atoms with Crippen LogP contribution in [0.2, 0.25) is 0 Å². The molecule has 196 valence electrons. The number of hydroxylamine groups is 2. The van der Waals surface area contributed by atoms with Crippen LogP contribution in [0.4, 0.5) is 24.5 Å². The number of alkyl halides is 3. The predicted molar refractivity (Wildman–Crippen MR) is 136 cm³/mol. The van der Waals surface area contributed by atoms with Crippen LogP contribution in [0.1, 0.15) is 11.1 Å². The van der Waals surface area contributed by atoms with Crippen LogP contribution < -0.4 is 9.91 Å². The molecule has 1 aliphatic rings. The lowest BCUT2D eigenvalue weighted by Crippen LogP contribution is -2.38. The van der Waals surface area contributed by atoms with E-state index in [-0.39, 0.29) is 18.8 Å². The highest BCUT2D eigenvalue weighted by molar-refractivity contribution is 5.81. The Morgan fingerprint density at radius 3 is 2.35 bits per heavy atom. The molecule has 2 aromatic rings. The van der Waals surface area contributed by atoms with Gasteiger partial charge < -0.3 is 15.2 Å². The zero-order valence-corrected chi connectivity index (χ0v) is 21.0. The van der Waals surface area contributed by atoms with Crippen molar-refractivity contribution in [1.29, 1.82) is 5.26 Å². The summed E-state index contributed by atoms with van der Waals surface area (Å²) in [4.78, 5) is 15.3. The number of hydrazine groups is 1. The van der Waals surface area contributed by atoms with Gasteiger partial charge in [0, 0.05) is 43.6 Å².